The molecule has 0 aliphatic carbocycles. The second-order valence-corrected chi connectivity index (χ2v) is 3.89. The summed E-state index contributed by atoms with van der Waals surface area (Å²) in [5, 5.41) is 22.2. The van der Waals surface area contributed by atoms with Crippen molar-refractivity contribution in [3.63, 3.8) is 0 Å². The Morgan fingerprint density at radius 3 is 2.55 bits per heavy atom. The largest absolute Gasteiger partial charge is 0.417 e. The van der Waals surface area contributed by atoms with Crippen molar-refractivity contribution in [2.45, 2.75) is 18.4 Å². The molecule has 0 amide bonds. The molecule has 2 unspecified atom stereocenters. The number of azide groups is 1. The Morgan fingerprint density at radius 2 is 2.05 bits per heavy atom. The zero-order chi connectivity index (χ0) is 15.3. The van der Waals surface area contributed by atoms with Crippen LogP contribution in [0.4, 0.5) is 13.2 Å². The number of carbonyl (C=O) groups excluding carboxylic acids is 1. The smallest absolute Gasteiger partial charge is 0.390 e. The number of hydrogen-bond donors (Lipinski definition) is 2. The highest BCUT2D eigenvalue weighted by Crippen LogP contribution is 2.33. The highest BCUT2D eigenvalue weighted by molar-refractivity contribution is 5.77. The predicted molar refractivity (Wildman–Crippen MR) is 61.8 cm³/mol. The molecule has 0 aliphatic rings. The lowest BCUT2D eigenvalue weighted by Gasteiger charge is -2.18. The third kappa shape index (κ3) is 3.70. The van der Waals surface area contributed by atoms with Crippen LogP contribution in [0.1, 0.15) is 27.6 Å². The van der Waals surface area contributed by atoms with Crippen LogP contribution >= 0.6 is 0 Å². The van der Waals surface area contributed by atoms with Gasteiger partial charge in [-0.15, -0.1) is 0 Å². The number of hydrogen-bond acceptors (Lipinski definition) is 4. The normalized spacial score (nSPS) is 14.2. The average Bonchev–Trinajstić information content (AvgIpc) is 2.42. The summed E-state index contributed by atoms with van der Waals surface area (Å²) < 4.78 is 38.1. The molecule has 0 aromatic heterocycles. The van der Waals surface area contributed by atoms with E-state index in [1.54, 1.807) is 0 Å². The number of rotatable bonds is 5. The highest BCUT2D eigenvalue weighted by atomic mass is 19.4. The van der Waals surface area contributed by atoms with Gasteiger partial charge in [0.2, 0.25) is 0 Å². The van der Waals surface area contributed by atoms with E-state index in [1.807, 2.05) is 0 Å². The fourth-order valence-corrected chi connectivity index (χ4v) is 1.55. The quantitative estimate of drug-likeness (QED) is 0.375. The lowest BCUT2D eigenvalue weighted by molar-refractivity contribution is -0.138. The number of aliphatic hydroxyl groups excluding tert-OH is 2. The Hall–Kier alpha value is -2.09. The SMILES string of the molecule is [N-]=[N+]=NCC(O)C(O)c1ccc(C=O)c(C(F)(F)F)c1. The molecule has 0 heterocycles. The third-order valence-electron chi connectivity index (χ3n) is 2.55. The van der Waals surface area contributed by atoms with Crippen LogP contribution in [0, 0.1) is 0 Å². The van der Waals surface area contributed by atoms with E-state index in [4.69, 9.17) is 5.53 Å². The van der Waals surface area contributed by atoms with Gasteiger partial charge in [-0.2, -0.15) is 13.2 Å². The van der Waals surface area contributed by atoms with Crippen LogP contribution in [-0.2, 0) is 6.18 Å². The van der Waals surface area contributed by atoms with Gasteiger partial charge in [0.15, 0.2) is 6.29 Å². The van der Waals surface area contributed by atoms with E-state index in [1.165, 1.54) is 0 Å². The van der Waals surface area contributed by atoms with Gasteiger partial charge in [0.25, 0.3) is 0 Å². The maximum atomic E-state index is 12.7. The van der Waals surface area contributed by atoms with Crippen LogP contribution in [0.15, 0.2) is 23.3 Å². The van der Waals surface area contributed by atoms with E-state index in [0.717, 1.165) is 12.1 Å². The fourth-order valence-electron chi connectivity index (χ4n) is 1.55. The average molecular weight is 289 g/mol. The first-order valence-corrected chi connectivity index (χ1v) is 5.34. The molecule has 108 valence electrons. The van der Waals surface area contributed by atoms with Crippen LogP contribution in [0.5, 0.6) is 0 Å². The Balaban J connectivity index is 3.14. The molecule has 6 nitrogen and oxygen atoms in total. The Morgan fingerprint density at radius 1 is 1.40 bits per heavy atom. The fraction of sp³-hybridized carbons (Fsp3) is 0.364. The van der Waals surface area contributed by atoms with Gasteiger partial charge in [-0.3, -0.25) is 4.79 Å². The van der Waals surface area contributed by atoms with E-state index < -0.39 is 36.1 Å². The van der Waals surface area contributed by atoms with Crippen molar-refractivity contribution >= 4 is 6.29 Å². The summed E-state index contributed by atoms with van der Waals surface area (Å²) in [4.78, 5) is 12.9. The summed E-state index contributed by atoms with van der Waals surface area (Å²) in [7, 11) is 0. The molecule has 1 aromatic carbocycles. The molecule has 9 heteroatoms. The van der Waals surface area contributed by atoms with E-state index in [9.17, 15) is 28.2 Å². The van der Waals surface area contributed by atoms with E-state index in [-0.39, 0.29) is 11.8 Å². The van der Waals surface area contributed by atoms with Gasteiger partial charge in [-0.1, -0.05) is 17.2 Å². The molecule has 1 aromatic rings. The van der Waals surface area contributed by atoms with Gasteiger partial charge in [0.05, 0.1) is 18.2 Å². The minimum Gasteiger partial charge on any atom is -0.390 e. The van der Waals surface area contributed by atoms with Gasteiger partial charge in [0, 0.05) is 10.5 Å². The summed E-state index contributed by atoms with van der Waals surface area (Å²) >= 11 is 0. The maximum absolute atomic E-state index is 12.7. The Kier molecular flexibility index (Phi) is 5.09. The van der Waals surface area contributed by atoms with Crippen molar-refractivity contribution in [3.05, 3.63) is 45.3 Å². The first-order chi connectivity index (χ1) is 9.31. The third-order valence-corrected chi connectivity index (χ3v) is 2.55. The second kappa shape index (κ2) is 6.38. The number of halogens is 3. The number of nitrogens with zero attached hydrogens (tertiary/aromatic N) is 3. The minimum absolute atomic E-state index is 0.0510. The first kappa shape index (κ1) is 16.0. The monoisotopic (exact) mass is 289 g/mol. The van der Waals surface area contributed by atoms with E-state index >= 15 is 0 Å². The Labute approximate surface area is 111 Å². The van der Waals surface area contributed by atoms with Crippen LogP contribution < -0.4 is 0 Å². The van der Waals surface area contributed by atoms with Crippen molar-refractivity contribution < 1.29 is 28.2 Å². The molecule has 0 radical (unpaired) electrons. The van der Waals surface area contributed by atoms with Gasteiger partial charge < -0.3 is 10.2 Å². The lowest BCUT2D eigenvalue weighted by atomic mass is 9.98. The number of aliphatic hydroxyl groups is 2. The van der Waals surface area contributed by atoms with Crippen molar-refractivity contribution in [3.8, 4) is 0 Å². The maximum Gasteiger partial charge on any atom is 0.417 e. The molecule has 0 saturated heterocycles. The van der Waals surface area contributed by atoms with Crippen LogP contribution in [0.3, 0.4) is 0 Å². The summed E-state index contributed by atoms with van der Waals surface area (Å²) in [6.07, 6.45) is -7.92. The molecule has 0 bridgehead atoms. The second-order valence-electron chi connectivity index (χ2n) is 3.89. The van der Waals surface area contributed by atoms with Crippen molar-refractivity contribution in [2.24, 2.45) is 5.11 Å². The van der Waals surface area contributed by atoms with Crippen molar-refractivity contribution in [1.29, 1.82) is 0 Å². The molecule has 2 atom stereocenters. The minimum atomic E-state index is -4.76. The predicted octanol–water partition coefficient (Wildman–Crippen LogP) is 2.22. The number of alkyl halides is 3. The van der Waals surface area contributed by atoms with Crippen LogP contribution in [0.25, 0.3) is 10.4 Å². The zero-order valence-electron chi connectivity index (χ0n) is 9.95. The van der Waals surface area contributed by atoms with Crippen molar-refractivity contribution in [2.75, 3.05) is 6.54 Å². The molecule has 0 fully saturated rings. The number of carbonyl (C=O) groups is 1. The lowest BCUT2D eigenvalue weighted by Crippen LogP contribution is -2.22. The summed E-state index contributed by atoms with van der Waals surface area (Å²) in [6.45, 7) is -0.492. The first-order valence-electron chi connectivity index (χ1n) is 5.34. The van der Waals surface area contributed by atoms with E-state index in [2.05, 4.69) is 10.0 Å². The summed E-state index contributed by atoms with van der Waals surface area (Å²) in [5.74, 6) is 0. The van der Waals surface area contributed by atoms with Crippen molar-refractivity contribution in [1.82, 2.24) is 0 Å². The van der Waals surface area contributed by atoms with Gasteiger partial charge in [-0.05, 0) is 17.2 Å². The zero-order valence-corrected chi connectivity index (χ0v) is 9.95. The van der Waals surface area contributed by atoms with Crippen LogP contribution in [-0.4, -0.2) is 29.1 Å². The van der Waals surface area contributed by atoms with Gasteiger partial charge in [0.1, 0.15) is 6.10 Å². The molecule has 0 aliphatic heterocycles. The molecular formula is C11H10F3N3O3. The Bertz CT molecular complexity index is 541. The molecule has 1 rings (SSSR count). The molecule has 0 spiro atoms. The molecule has 0 saturated carbocycles. The topological polar surface area (TPSA) is 106 Å². The molecule has 2 N–H and O–H groups in total. The van der Waals surface area contributed by atoms with E-state index in [0.29, 0.717) is 6.07 Å². The highest BCUT2D eigenvalue weighted by Gasteiger charge is 2.34. The summed E-state index contributed by atoms with van der Waals surface area (Å²) in [5.41, 5.74) is 6.05. The standard InChI is InChI=1S/C11H10F3N3O3/c12-11(13,14)8-3-6(1-2-7(8)5-18)10(20)9(19)4-16-17-15/h1-3,5,9-10,19-20H,4H2. The van der Waals surface area contributed by atoms with Gasteiger partial charge >= 0.3 is 6.18 Å². The van der Waals surface area contributed by atoms with Gasteiger partial charge in [-0.25, -0.2) is 0 Å². The molecular weight excluding hydrogens is 279 g/mol. The molecule has 20 heavy (non-hydrogen) atoms. The number of aldehydes is 1. The summed E-state index contributed by atoms with van der Waals surface area (Å²) in [6, 6.07) is 2.56. The van der Waals surface area contributed by atoms with Crippen LogP contribution in [0.2, 0.25) is 0 Å². The number of benzene rings is 1.